The molecule has 25 heavy (non-hydrogen) atoms. The smallest absolute Gasteiger partial charge is 0.307 e. The Balaban J connectivity index is 2.17. The van der Waals surface area contributed by atoms with E-state index in [0.717, 1.165) is 32.8 Å². The fourth-order valence-electron chi connectivity index (χ4n) is 3.01. The Morgan fingerprint density at radius 3 is 2.64 bits per heavy atom. The number of halogens is 1. The predicted molar refractivity (Wildman–Crippen MR) is 99.5 cm³/mol. The van der Waals surface area contributed by atoms with Crippen molar-refractivity contribution in [2.45, 2.75) is 19.9 Å². The Kier molecular flexibility index (Phi) is 4.92. The summed E-state index contributed by atoms with van der Waals surface area (Å²) in [5.41, 5.74) is 3.67. The Morgan fingerprint density at radius 1 is 1.28 bits per heavy atom. The summed E-state index contributed by atoms with van der Waals surface area (Å²) in [7, 11) is 3.19. The summed E-state index contributed by atoms with van der Waals surface area (Å²) in [6.45, 7) is 2.55. The van der Waals surface area contributed by atoms with Crippen molar-refractivity contribution < 1.29 is 19.4 Å². The monoisotopic (exact) mass is 379 g/mol. The highest BCUT2D eigenvalue weighted by atomic mass is 35.5. The van der Waals surface area contributed by atoms with Gasteiger partial charge in [-0.05, 0) is 41.6 Å². The van der Waals surface area contributed by atoms with Gasteiger partial charge in [-0.15, -0.1) is 11.3 Å². The first-order chi connectivity index (χ1) is 11.9. The van der Waals surface area contributed by atoms with Crippen molar-refractivity contribution in [2.75, 3.05) is 14.2 Å². The predicted octanol–water partition coefficient (Wildman–Crippen LogP) is 4.36. The molecule has 1 aromatic carbocycles. The van der Waals surface area contributed by atoms with Crippen molar-refractivity contribution in [1.29, 1.82) is 0 Å². The van der Waals surface area contributed by atoms with E-state index in [9.17, 15) is 9.90 Å². The third-order valence-corrected chi connectivity index (χ3v) is 5.46. The number of nitrogens with zero attached hydrogens (tertiary/aromatic N) is 1. The van der Waals surface area contributed by atoms with E-state index in [4.69, 9.17) is 21.1 Å². The zero-order chi connectivity index (χ0) is 18.1. The zero-order valence-electron chi connectivity index (χ0n) is 14.1. The maximum atomic E-state index is 11.3. The molecule has 3 aromatic rings. The van der Waals surface area contributed by atoms with Gasteiger partial charge >= 0.3 is 5.97 Å². The van der Waals surface area contributed by atoms with E-state index in [0.29, 0.717) is 17.3 Å². The highest BCUT2D eigenvalue weighted by molar-refractivity contribution is 7.12. The summed E-state index contributed by atoms with van der Waals surface area (Å²) in [5.74, 6) is -0.330. The lowest BCUT2D eigenvalue weighted by atomic mass is 10.1. The van der Waals surface area contributed by atoms with Crippen LogP contribution in [0.1, 0.15) is 16.8 Å². The fourth-order valence-corrected chi connectivity index (χ4v) is 3.97. The van der Waals surface area contributed by atoms with Crippen molar-refractivity contribution in [3.05, 3.63) is 45.4 Å². The van der Waals surface area contributed by atoms with Crippen LogP contribution in [0.4, 0.5) is 0 Å². The van der Waals surface area contributed by atoms with E-state index in [2.05, 4.69) is 4.57 Å². The summed E-state index contributed by atoms with van der Waals surface area (Å²) in [4.78, 5) is 11.3. The van der Waals surface area contributed by atoms with Crippen LogP contribution in [0.15, 0.2) is 23.6 Å². The van der Waals surface area contributed by atoms with Crippen LogP contribution in [0.25, 0.3) is 10.9 Å². The first-order valence-electron chi connectivity index (χ1n) is 7.63. The lowest BCUT2D eigenvalue weighted by Gasteiger charge is -2.08. The number of carboxylic acid groups (broad SMARTS) is 1. The molecule has 7 heteroatoms. The van der Waals surface area contributed by atoms with Gasteiger partial charge in [-0.3, -0.25) is 4.79 Å². The molecular weight excluding hydrogens is 362 g/mol. The second-order valence-corrected chi connectivity index (χ2v) is 6.98. The quantitative estimate of drug-likeness (QED) is 0.691. The number of carbonyl (C=O) groups is 1. The second kappa shape index (κ2) is 6.98. The van der Waals surface area contributed by atoms with Crippen LogP contribution in [-0.2, 0) is 17.8 Å². The Hall–Kier alpha value is -2.18. The van der Waals surface area contributed by atoms with E-state index in [-0.39, 0.29) is 6.42 Å². The van der Waals surface area contributed by atoms with Gasteiger partial charge in [-0.2, -0.15) is 0 Å². The van der Waals surface area contributed by atoms with Crippen LogP contribution < -0.4 is 9.47 Å². The van der Waals surface area contributed by atoms with Gasteiger partial charge in [0.25, 0.3) is 0 Å². The lowest BCUT2D eigenvalue weighted by Crippen LogP contribution is -2.04. The van der Waals surface area contributed by atoms with E-state index in [1.54, 1.807) is 14.2 Å². The molecular formula is C18H18ClNO4S. The van der Waals surface area contributed by atoms with Crippen LogP contribution in [-0.4, -0.2) is 29.9 Å². The summed E-state index contributed by atoms with van der Waals surface area (Å²) in [6, 6.07) is 5.63. The first-order valence-corrected chi connectivity index (χ1v) is 8.88. The minimum Gasteiger partial charge on any atom is -0.495 e. The van der Waals surface area contributed by atoms with Crippen LogP contribution in [0.3, 0.4) is 0 Å². The molecule has 0 bridgehead atoms. The van der Waals surface area contributed by atoms with Gasteiger partial charge in [-0.1, -0.05) is 11.6 Å². The minimum atomic E-state index is -0.867. The van der Waals surface area contributed by atoms with Crippen LogP contribution in [0, 0.1) is 6.92 Å². The van der Waals surface area contributed by atoms with Crippen molar-refractivity contribution in [2.24, 2.45) is 0 Å². The molecule has 2 aromatic heterocycles. The molecule has 0 radical (unpaired) electrons. The normalized spacial score (nSPS) is 11.0. The van der Waals surface area contributed by atoms with Crippen LogP contribution >= 0.6 is 22.9 Å². The average molecular weight is 380 g/mol. The molecule has 0 saturated heterocycles. The molecule has 3 rings (SSSR count). The van der Waals surface area contributed by atoms with E-state index in [1.807, 2.05) is 30.5 Å². The van der Waals surface area contributed by atoms with Crippen molar-refractivity contribution in [3.8, 4) is 10.8 Å². The number of hydrogen-bond acceptors (Lipinski definition) is 4. The van der Waals surface area contributed by atoms with Gasteiger partial charge in [0.1, 0.15) is 5.75 Å². The molecule has 0 atom stereocenters. The van der Waals surface area contributed by atoms with Crippen molar-refractivity contribution >= 4 is 39.8 Å². The standard InChI is InChI=1S/C18H18ClNO4S/c1-10-12(6-17(21)22)13-5-16(23-2)14(19)7-15(13)20(10)8-11-4-18(24-3)25-9-11/h4-5,7,9H,6,8H2,1-3H3,(H,21,22). The molecule has 0 fully saturated rings. The lowest BCUT2D eigenvalue weighted by molar-refractivity contribution is -0.136. The summed E-state index contributed by atoms with van der Waals surface area (Å²) >= 11 is 7.83. The van der Waals surface area contributed by atoms with E-state index >= 15 is 0 Å². The van der Waals surface area contributed by atoms with Crippen molar-refractivity contribution in [3.63, 3.8) is 0 Å². The van der Waals surface area contributed by atoms with Gasteiger partial charge < -0.3 is 19.1 Å². The molecule has 0 aliphatic heterocycles. The number of fused-ring (bicyclic) bond motifs is 1. The van der Waals surface area contributed by atoms with Gasteiger partial charge in [0.05, 0.1) is 31.2 Å². The fraction of sp³-hybridized carbons (Fsp3) is 0.278. The zero-order valence-corrected chi connectivity index (χ0v) is 15.7. The maximum absolute atomic E-state index is 11.3. The molecule has 132 valence electrons. The van der Waals surface area contributed by atoms with Crippen LogP contribution in [0.2, 0.25) is 5.02 Å². The Bertz CT molecular complexity index is 944. The number of thiophene rings is 1. The molecule has 2 heterocycles. The Labute approximate surface area is 154 Å². The SMILES string of the molecule is COc1cc(Cn2c(C)c(CC(=O)O)c3cc(OC)c(Cl)cc32)cs1. The molecule has 0 aliphatic rings. The third kappa shape index (κ3) is 3.32. The Morgan fingerprint density at radius 2 is 2.04 bits per heavy atom. The maximum Gasteiger partial charge on any atom is 0.307 e. The number of benzene rings is 1. The minimum absolute atomic E-state index is 0.0485. The molecule has 0 unspecified atom stereocenters. The number of aromatic nitrogens is 1. The number of ether oxygens (including phenoxy) is 2. The largest absolute Gasteiger partial charge is 0.495 e. The van der Waals surface area contributed by atoms with Gasteiger partial charge in [0.2, 0.25) is 0 Å². The summed E-state index contributed by atoms with van der Waals surface area (Å²) in [6.07, 6.45) is -0.0485. The molecule has 0 saturated carbocycles. The molecule has 0 spiro atoms. The van der Waals surface area contributed by atoms with E-state index < -0.39 is 5.97 Å². The topological polar surface area (TPSA) is 60.7 Å². The number of carboxylic acids is 1. The summed E-state index contributed by atoms with van der Waals surface area (Å²) < 4.78 is 12.6. The molecule has 1 N–H and O–H groups in total. The number of aliphatic carboxylic acids is 1. The molecule has 0 aliphatic carbocycles. The summed E-state index contributed by atoms with van der Waals surface area (Å²) in [5, 5.41) is 13.5. The third-order valence-electron chi connectivity index (χ3n) is 4.23. The van der Waals surface area contributed by atoms with Gasteiger partial charge in [0.15, 0.2) is 5.06 Å². The van der Waals surface area contributed by atoms with E-state index in [1.165, 1.54) is 11.3 Å². The second-order valence-electron chi connectivity index (χ2n) is 5.70. The highest BCUT2D eigenvalue weighted by Crippen LogP contribution is 2.36. The van der Waals surface area contributed by atoms with Crippen LogP contribution in [0.5, 0.6) is 10.8 Å². The van der Waals surface area contributed by atoms with Gasteiger partial charge in [0, 0.05) is 17.6 Å². The number of methoxy groups -OCH3 is 2. The average Bonchev–Trinajstić information content (AvgIpc) is 3.12. The van der Waals surface area contributed by atoms with Gasteiger partial charge in [-0.25, -0.2) is 0 Å². The first kappa shape index (κ1) is 17.6. The number of hydrogen-bond donors (Lipinski definition) is 1. The number of rotatable bonds is 6. The van der Waals surface area contributed by atoms with Crippen molar-refractivity contribution in [1.82, 2.24) is 4.57 Å². The molecule has 0 amide bonds. The highest BCUT2D eigenvalue weighted by Gasteiger charge is 2.19. The molecule has 5 nitrogen and oxygen atoms in total.